The standard InChI is InChI=1S/C30H26BrNO5S/c31-26-14-18-28(19-15-26)38(36,37)32-27-16-12-23(13-17-27)22-8-10-24(11-9-22)29(33)20-25(30(34)35)7-6-21-4-2-1-3-5-21/h1-5,8-19,25,32H,6-7,20H2,(H,34,35). The largest absolute Gasteiger partial charge is 0.481 e. The van der Waals surface area contributed by atoms with E-state index >= 15 is 0 Å². The lowest BCUT2D eigenvalue weighted by molar-refractivity contribution is -0.141. The molecule has 0 saturated heterocycles. The number of carbonyl (C=O) groups is 2. The third-order valence-electron chi connectivity index (χ3n) is 6.21. The number of carbonyl (C=O) groups excluding carboxylic acids is 1. The molecule has 2 N–H and O–H groups in total. The van der Waals surface area contributed by atoms with Gasteiger partial charge in [-0.25, -0.2) is 8.42 Å². The number of rotatable bonds is 11. The minimum Gasteiger partial charge on any atom is -0.481 e. The van der Waals surface area contributed by atoms with Gasteiger partial charge in [0.05, 0.1) is 10.8 Å². The predicted octanol–water partition coefficient (Wildman–Crippen LogP) is 6.82. The molecule has 38 heavy (non-hydrogen) atoms. The van der Waals surface area contributed by atoms with Crippen molar-refractivity contribution in [3.63, 3.8) is 0 Å². The molecule has 4 aromatic rings. The predicted molar refractivity (Wildman–Crippen MR) is 152 cm³/mol. The molecule has 0 radical (unpaired) electrons. The lowest BCUT2D eigenvalue weighted by Crippen LogP contribution is -2.19. The quantitative estimate of drug-likeness (QED) is 0.186. The lowest BCUT2D eigenvalue weighted by atomic mass is 9.92. The maximum absolute atomic E-state index is 12.8. The average molecular weight is 593 g/mol. The first-order valence-electron chi connectivity index (χ1n) is 12.0. The third-order valence-corrected chi connectivity index (χ3v) is 8.13. The fourth-order valence-corrected chi connectivity index (χ4v) is 5.37. The minimum absolute atomic E-state index is 0.0608. The number of aliphatic carboxylic acids is 1. The van der Waals surface area contributed by atoms with Crippen LogP contribution in [0, 0.1) is 5.92 Å². The van der Waals surface area contributed by atoms with Crippen LogP contribution < -0.4 is 4.72 Å². The lowest BCUT2D eigenvalue weighted by Gasteiger charge is -2.12. The molecule has 0 fully saturated rings. The van der Waals surface area contributed by atoms with Crippen LogP contribution >= 0.6 is 15.9 Å². The van der Waals surface area contributed by atoms with Gasteiger partial charge in [0.2, 0.25) is 0 Å². The summed E-state index contributed by atoms with van der Waals surface area (Å²) in [4.78, 5) is 24.7. The molecule has 0 aliphatic carbocycles. The van der Waals surface area contributed by atoms with Crippen LogP contribution in [0.5, 0.6) is 0 Å². The second-order valence-corrected chi connectivity index (χ2v) is 11.5. The van der Waals surface area contributed by atoms with Gasteiger partial charge in [-0.2, -0.15) is 0 Å². The van der Waals surface area contributed by atoms with Gasteiger partial charge in [-0.1, -0.05) is 82.7 Å². The molecular weight excluding hydrogens is 566 g/mol. The highest BCUT2D eigenvalue weighted by Crippen LogP contribution is 2.25. The molecule has 0 aliphatic rings. The van der Waals surface area contributed by atoms with Crippen LogP contribution in [0.15, 0.2) is 112 Å². The van der Waals surface area contributed by atoms with Crippen molar-refractivity contribution >= 4 is 43.4 Å². The number of Topliss-reactive ketones (excluding diaryl/α,β-unsaturated/α-hetero) is 1. The molecule has 0 heterocycles. The van der Waals surface area contributed by atoms with Crippen molar-refractivity contribution in [3.05, 3.63) is 119 Å². The summed E-state index contributed by atoms with van der Waals surface area (Å²) in [6.45, 7) is 0. The molecule has 0 aliphatic heterocycles. The van der Waals surface area contributed by atoms with Gasteiger partial charge in [0.1, 0.15) is 0 Å². The smallest absolute Gasteiger partial charge is 0.306 e. The summed E-state index contributed by atoms with van der Waals surface area (Å²) < 4.78 is 28.6. The zero-order chi connectivity index (χ0) is 27.1. The summed E-state index contributed by atoms with van der Waals surface area (Å²) in [6, 6.07) is 29.9. The third kappa shape index (κ3) is 7.18. The molecule has 1 atom stereocenters. The van der Waals surface area contributed by atoms with Gasteiger partial charge in [-0.15, -0.1) is 0 Å². The van der Waals surface area contributed by atoms with Crippen LogP contribution in [0.3, 0.4) is 0 Å². The fourth-order valence-electron chi connectivity index (χ4n) is 4.05. The summed E-state index contributed by atoms with van der Waals surface area (Å²) >= 11 is 3.29. The molecule has 4 rings (SSSR count). The first-order valence-corrected chi connectivity index (χ1v) is 14.3. The highest BCUT2D eigenvalue weighted by atomic mass is 79.9. The summed E-state index contributed by atoms with van der Waals surface area (Å²) in [7, 11) is -3.71. The van der Waals surface area contributed by atoms with Crippen LogP contribution in [-0.4, -0.2) is 25.3 Å². The van der Waals surface area contributed by atoms with Gasteiger partial charge in [0.25, 0.3) is 10.0 Å². The Morgan fingerprint density at radius 3 is 1.95 bits per heavy atom. The zero-order valence-electron chi connectivity index (χ0n) is 20.4. The van der Waals surface area contributed by atoms with Crippen molar-refractivity contribution in [2.24, 2.45) is 5.92 Å². The van der Waals surface area contributed by atoms with Crippen LogP contribution in [0.2, 0.25) is 0 Å². The molecule has 0 saturated carbocycles. The maximum Gasteiger partial charge on any atom is 0.306 e. The highest BCUT2D eigenvalue weighted by Gasteiger charge is 2.22. The number of anilines is 1. The van der Waals surface area contributed by atoms with E-state index in [1.165, 1.54) is 12.1 Å². The van der Waals surface area contributed by atoms with E-state index in [1.807, 2.05) is 30.3 Å². The normalized spacial score (nSPS) is 12.0. The zero-order valence-corrected chi connectivity index (χ0v) is 22.8. The molecule has 1 unspecified atom stereocenters. The molecule has 6 nitrogen and oxygen atoms in total. The van der Waals surface area contributed by atoms with Crippen molar-refractivity contribution in [1.82, 2.24) is 0 Å². The Labute approximate surface area is 230 Å². The number of benzene rings is 4. The van der Waals surface area contributed by atoms with Gasteiger partial charge >= 0.3 is 5.97 Å². The van der Waals surface area contributed by atoms with Gasteiger partial charge in [0, 0.05) is 22.1 Å². The summed E-state index contributed by atoms with van der Waals surface area (Å²) in [5.74, 6) is -1.94. The molecule has 0 spiro atoms. The first-order chi connectivity index (χ1) is 18.2. The van der Waals surface area contributed by atoms with Crippen LogP contribution in [0.25, 0.3) is 11.1 Å². The molecular formula is C30H26BrNO5S. The van der Waals surface area contributed by atoms with Crippen LogP contribution in [-0.2, 0) is 21.2 Å². The van der Waals surface area contributed by atoms with Crippen molar-refractivity contribution in [3.8, 4) is 11.1 Å². The number of aryl methyl sites for hydroxylation is 1. The highest BCUT2D eigenvalue weighted by molar-refractivity contribution is 9.10. The van der Waals surface area contributed by atoms with Gasteiger partial charge in [-0.05, 0) is 65.9 Å². The summed E-state index contributed by atoms with van der Waals surface area (Å²) in [6.07, 6.45) is 0.926. The van der Waals surface area contributed by atoms with Crippen molar-refractivity contribution in [1.29, 1.82) is 0 Å². The molecule has 0 bridgehead atoms. The van der Waals surface area contributed by atoms with E-state index in [4.69, 9.17) is 0 Å². The van der Waals surface area contributed by atoms with Crippen LogP contribution in [0.1, 0.15) is 28.8 Å². The number of carboxylic acids is 1. The number of hydrogen-bond acceptors (Lipinski definition) is 4. The Bertz CT molecular complexity index is 1500. The monoisotopic (exact) mass is 591 g/mol. The van der Waals surface area contributed by atoms with Gasteiger partial charge in [-0.3, -0.25) is 14.3 Å². The van der Waals surface area contributed by atoms with Crippen molar-refractivity contribution < 1.29 is 23.1 Å². The van der Waals surface area contributed by atoms with E-state index in [9.17, 15) is 23.1 Å². The fraction of sp³-hybridized carbons (Fsp3) is 0.133. The average Bonchev–Trinajstić information content (AvgIpc) is 2.92. The summed E-state index contributed by atoms with van der Waals surface area (Å²) in [5, 5.41) is 9.61. The first kappa shape index (κ1) is 27.3. The topological polar surface area (TPSA) is 101 Å². The van der Waals surface area contributed by atoms with E-state index in [0.29, 0.717) is 24.1 Å². The molecule has 4 aromatic carbocycles. The van der Waals surface area contributed by atoms with E-state index in [2.05, 4.69) is 20.7 Å². The number of halogens is 1. The van der Waals surface area contributed by atoms with Crippen LogP contribution in [0.4, 0.5) is 5.69 Å². The number of ketones is 1. The Kier molecular flexibility index (Phi) is 8.76. The molecule has 8 heteroatoms. The van der Waals surface area contributed by atoms with Gasteiger partial charge in [0.15, 0.2) is 5.78 Å². The second kappa shape index (κ2) is 12.2. The number of sulfonamides is 1. The van der Waals surface area contributed by atoms with Crippen molar-refractivity contribution in [2.75, 3.05) is 4.72 Å². The Hall–Kier alpha value is -3.75. The van der Waals surface area contributed by atoms with E-state index in [1.54, 1.807) is 60.7 Å². The molecule has 194 valence electrons. The second-order valence-electron chi connectivity index (χ2n) is 8.90. The van der Waals surface area contributed by atoms with E-state index in [-0.39, 0.29) is 17.1 Å². The molecule has 0 amide bonds. The van der Waals surface area contributed by atoms with Gasteiger partial charge < -0.3 is 5.11 Å². The Morgan fingerprint density at radius 1 is 0.789 bits per heavy atom. The number of hydrogen-bond donors (Lipinski definition) is 2. The Balaban J connectivity index is 1.38. The maximum atomic E-state index is 12.8. The number of carboxylic acid groups (broad SMARTS) is 1. The van der Waals surface area contributed by atoms with E-state index < -0.39 is 21.9 Å². The Morgan fingerprint density at radius 2 is 1.37 bits per heavy atom. The van der Waals surface area contributed by atoms with E-state index in [0.717, 1.165) is 21.2 Å². The minimum atomic E-state index is -3.71. The van der Waals surface area contributed by atoms with Crippen molar-refractivity contribution in [2.45, 2.75) is 24.2 Å². The summed E-state index contributed by atoms with van der Waals surface area (Å²) in [5.41, 5.74) is 3.63. The number of nitrogens with one attached hydrogen (secondary N) is 1. The SMILES string of the molecule is O=C(CC(CCc1ccccc1)C(=O)O)c1ccc(-c2ccc(NS(=O)(=O)c3ccc(Br)cc3)cc2)cc1. The molecule has 0 aromatic heterocycles.